The van der Waals surface area contributed by atoms with Crippen LogP contribution in [0.4, 0.5) is 0 Å². The summed E-state index contributed by atoms with van der Waals surface area (Å²) in [6, 6.07) is 9.82. The number of rotatable bonds is 4. The van der Waals surface area contributed by atoms with Crippen molar-refractivity contribution in [3.63, 3.8) is 0 Å². The van der Waals surface area contributed by atoms with E-state index in [4.69, 9.17) is 9.47 Å². The fourth-order valence-corrected chi connectivity index (χ4v) is 4.34. The predicted molar refractivity (Wildman–Crippen MR) is 98.5 cm³/mol. The van der Waals surface area contributed by atoms with Crippen molar-refractivity contribution in [1.82, 2.24) is 9.88 Å². The fraction of sp³-hybridized carbons (Fsp3) is 0.222. The van der Waals surface area contributed by atoms with Crippen LogP contribution in [-0.2, 0) is 6.54 Å². The van der Waals surface area contributed by atoms with Gasteiger partial charge in [0.2, 0.25) is 6.79 Å². The average molecular weight is 372 g/mol. The lowest BCUT2D eigenvalue weighted by Gasteiger charge is -2.14. The van der Waals surface area contributed by atoms with Gasteiger partial charge in [-0.25, -0.2) is 4.98 Å². The van der Waals surface area contributed by atoms with Crippen LogP contribution in [0.1, 0.15) is 20.2 Å². The van der Waals surface area contributed by atoms with Gasteiger partial charge >= 0.3 is 0 Å². The third-order valence-corrected chi connectivity index (χ3v) is 5.76. The molecule has 1 aromatic carbocycles. The minimum atomic E-state index is -0.0747. The molecule has 5 nitrogen and oxygen atoms in total. The number of thiazole rings is 1. The second-order valence-corrected chi connectivity index (χ2v) is 8.01. The molecule has 4 rings (SSSR count). The van der Waals surface area contributed by atoms with Gasteiger partial charge in [0.25, 0.3) is 5.91 Å². The average Bonchev–Trinajstić information content (AvgIpc) is 3.33. The van der Waals surface area contributed by atoms with E-state index in [0.29, 0.717) is 18.0 Å². The van der Waals surface area contributed by atoms with Gasteiger partial charge in [0.1, 0.15) is 10.7 Å². The first kappa shape index (κ1) is 16.1. The third kappa shape index (κ3) is 3.25. The molecular formula is C18H16N2O3S2. The minimum Gasteiger partial charge on any atom is -0.454 e. The second-order valence-electron chi connectivity index (χ2n) is 5.78. The highest BCUT2D eigenvalue weighted by Crippen LogP contribution is 2.36. The molecule has 1 aliphatic heterocycles. The minimum absolute atomic E-state index is 0.0747. The Bertz CT molecular complexity index is 932. The molecule has 0 spiro atoms. The molecule has 25 heavy (non-hydrogen) atoms. The molecule has 1 aliphatic rings. The molecule has 0 unspecified atom stereocenters. The van der Waals surface area contributed by atoms with E-state index in [9.17, 15) is 4.79 Å². The van der Waals surface area contributed by atoms with Crippen LogP contribution in [0.2, 0.25) is 0 Å². The Morgan fingerprint density at radius 2 is 2.08 bits per heavy atom. The predicted octanol–water partition coefficient (Wildman–Crippen LogP) is 4.18. The van der Waals surface area contributed by atoms with Gasteiger partial charge in [-0.2, -0.15) is 0 Å². The van der Waals surface area contributed by atoms with E-state index in [1.54, 1.807) is 28.7 Å². The summed E-state index contributed by atoms with van der Waals surface area (Å²) in [5.41, 5.74) is 1.39. The zero-order valence-corrected chi connectivity index (χ0v) is 15.4. The van der Waals surface area contributed by atoms with E-state index in [1.807, 2.05) is 18.2 Å². The summed E-state index contributed by atoms with van der Waals surface area (Å²) in [7, 11) is 1.80. The first-order valence-corrected chi connectivity index (χ1v) is 9.46. The second kappa shape index (κ2) is 6.50. The standard InChI is InChI=1S/C18H16N2O3S2/c1-11-3-5-13(25-11)8-20(2)18(21)14-9-24-17(19-14)12-4-6-15-16(7-12)23-10-22-15/h3-7,9H,8,10H2,1-2H3. The summed E-state index contributed by atoms with van der Waals surface area (Å²) in [5.74, 6) is 1.38. The first-order chi connectivity index (χ1) is 12.1. The van der Waals surface area contributed by atoms with Crippen LogP contribution in [0.5, 0.6) is 11.5 Å². The Morgan fingerprint density at radius 1 is 1.24 bits per heavy atom. The maximum absolute atomic E-state index is 12.6. The summed E-state index contributed by atoms with van der Waals surface area (Å²) in [6.07, 6.45) is 0. The van der Waals surface area contributed by atoms with Crippen molar-refractivity contribution >= 4 is 28.6 Å². The molecule has 128 valence electrons. The van der Waals surface area contributed by atoms with Gasteiger partial charge in [0, 0.05) is 27.7 Å². The number of benzene rings is 1. The molecule has 0 radical (unpaired) electrons. The number of aryl methyl sites for hydroxylation is 1. The van der Waals surface area contributed by atoms with Gasteiger partial charge in [-0.1, -0.05) is 0 Å². The number of nitrogens with zero attached hydrogens (tertiary/aromatic N) is 2. The molecule has 0 saturated heterocycles. The van der Waals surface area contributed by atoms with Gasteiger partial charge in [-0.3, -0.25) is 4.79 Å². The quantitative estimate of drug-likeness (QED) is 0.689. The van der Waals surface area contributed by atoms with E-state index in [1.165, 1.54) is 21.1 Å². The number of carbonyl (C=O) groups is 1. The number of amides is 1. The summed E-state index contributed by atoms with van der Waals surface area (Å²) >= 11 is 3.16. The first-order valence-electron chi connectivity index (χ1n) is 7.76. The molecule has 1 amide bonds. The lowest BCUT2D eigenvalue weighted by molar-refractivity contribution is 0.0781. The summed E-state index contributed by atoms with van der Waals surface area (Å²) in [4.78, 5) is 21.2. The van der Waals surface area contributed by atoms with Crippen molar-refractivity contribution in [1.29, 1.82) is 0 Å². The van der Waals surface area contributed by atoms with Crippen LogP contribution in [0.3, 0.4) is 0 Å². The highest BCUT2D eigenvalue weighted by molar-refractivity contribution is 7.13. The Labute approximate surface area is 153 Å². The maximum atomic E-state index is 12.6. The number of fused-ring (bicyclic) bond motifs is 1. The molecule has 0 bridgehead atoms. The molecular weight excluding hydrogens is 356 g/mol. The molecule has 3 aromatic rings. The van der Waals surface area contributed by atoms with E-state index in [-0.39, 0.29) is 12.7 Å². The maximum Gasteiger partial charge on any atom is 0.273 e. The van der Waals surface area contributed by atoms with E-state index in [2.05, 4.69) is 24.0 Å². The Hall–Kier alpha value is -2.38. The van der Waals surface area contributed by atoms with E-state index >= 15 is 0 Å². The lowest BCUT2D eigenvalue weighted by atomic mass is 10.2. The highest BCUT2D eigenvalue weighted by Gasteiger charge is 2.19. The van der Waals surface area contributed by atoms with E-state index in [0.717, 1.165) is 16.3 Å². The SMILES string of the molecule is Cc1ccc(CN(C)C(=O)c2csc(-c3ccc4c(c3)OCO4)n2)s1. The highest BCUT2D eigenvalue weighted by atomic mass is 32.1. The number of aromatic nitrogens is 1. The monoisotopic (exact) mass is 372 g/mol. The fourth-order valence-electron chi connectivity index (χ4n) is 2.61. The Morgan fingerprint density at radius 3 is 2.88 bits per heavy atom. The number of thiophene rings is 1. The molecule has 3 heterocycles. The normalized spacial score (nSPS) is 12.4. The van der Waals surface area contributed by atoms with E-state index < -0.39 is 0 Å². The Kier molecular flexibility index (Phi) is 4.19. The van der Waals surface area contributed by atoms with Gasteiger partial charge in [-0.15, -0.1) is 22.7 Å². The zero-order chi connectivity index (χ0) is 17.4. The van der Waals surface area contributed by atoms with Gasteiger partial charge in [0.05, 0.1) is 6.54 Å². The number of hydrogen-bond acceptors (Lipinski definition) is 6. The van der Waals surface area contributed by atoms with Crippen molar-refractivity contribution in [3.8, 4) is 22.1 Å². The Balaban J connectivity index is 1.51. The van der Waals surface area contributed by atoms with Crippen LogP contribution < -0.4 is 9.47 Å². The van der Waals surface area contributed by atoms with Gasteiger partial charge in [0.15, 0.2) is 11.5 Å². The molecule has 0 fully saturated rings. The molecule has 0 N–H and O–H groups in total. The summed E-state index contributed by atoms with van der Waals surface area (Å²) < 4.78 is 10.7. The number of ether oxygens (including phenoxy) is 2. The summed E-state index contributed by atoms with van der Waals surface area (Å²) in [5, 5.41) is 2.60. The van der Waals surface area contributed by atoms with Crippen molar-refractivity contribution in [2.75, 3.05) is 13.8 Å². The van der Waals surface area contributed by atoms with Crippen molar-refractivity contribution in [3.05, 3.63) is 51.2 Å². The van der Waals surface area contributed by atoms with Crippen molar-refractivity contribution < 1.29 is 14.3 Å². The molecule has 2 aromatic heterocycles. The largest absolute Gasteiger partial charge is 0.454 e. The molecule has 7 heteroatoms. The molecule has 0 saturated carbocycles. The van der Waals surface area contributed by atoms with Crippen LogP contribution in [-0.4, -0.2) is 29.6 Å². The van der Waals surface area contributed by atoms with Crippen molar-refractivity contribution in [2.24, 2.45) is 0 Å². The molecule has 0 atom stereocenters. The van der Waals surface area contributed by atoms with Crippen LogP contribution >= 0.6 is 22.7 Å². The van der Waals surface area contributed by atoms with Crippen LogP contribution in [0, 0.1) is 6.92 Å². The van der Waals surface area contributed by atoms with Gasteiger partial charge < -0.3 is 14.4 Å². The number of hydrogen-bond donors (Lipinski definition) is 0. The lowest BCUT2D eigenvalue weighted by Crippen LogP contribution is -2.26. The molecule has 0 aliphatic carbocycles. The number of carbonyl (C=O) groups excluding carboxylic acids is 1. The third-order valence-electron chi connectivity index (χ3n) is 3.88. The van der Waals surface area contributed by atoms with Gasteiger partial charge in [-0.05, 0) is 37.3 Å². The van der Waals surface area contributed by atoms with Crippen LogP contribution in [0.15, 0.2) is 35.7 Å². The zero-order valence-electron chi connectivity index (χ0n) is 13.8. The summed E-state index contributed by atoms with van der Waals surface area (Å²) in [6.45, 7) is 2.90. The van der Waals surface area contributed by atoms with Crippen LogP contribution in [0.25, 0.3) is 10.6 Å². The smallest absolute Gasteiger partial charge is 0.273 e. The topological polar surface area (TPSA) is 51.7 Å². The van der Waals surface area contributed by atoms with Crippen molar-refractivity contribution in [2.45, 2.75) is 13.5 Å².